The van der Waals surface area contributed by atoms with Gasteiger partial charge in [0.05, 0.1) is 34.2 Å². The van der Waals surface area contributed by atoms with Gasteiger partial charge < -0.3 is 9.64 Å². The van der Waals surface area contributed by atoms with Gasteiger partial charge in [0.15, 0.2) is 10.9 Å². The van der Waals surface area contributed by atoms with Gasteiger partial charge in [-0.15, -0.1) is 0 Å². The Balaban J connectivity index is 1.29. The van der Waals surface area contributed by atoms with Crippen LogP contribution in [0.25, 0.3) is 0 Å². The van der Waals surface area contributed by atoms with Crippen LogP contribution >= 0.6 is 23.2 Å². The number of anilines is 1. The summed E-state index contributed by atoms with van der Waals surface area (Å²) in [5.74, 6) is 1.51. The lowest BCUT2D eigenvalue weighted by Gasteiger charge is -2.44. The first-order chi connectivity index (χ1) is 17.2. The number of pyridine rings is 1. The molecular formula is C26H29Cl2N5O2S. The summed E-state index contributed by atoms with van der Waals surface area (Å²) in [5, 5.41) is 0.411. The highest BCUT2D eigenvalue weighted by molar-refractivity contribution is 7.84. The Morgan fingerprint density at radius 3 is 2.53 bits per heavy atom. The zero-order valence-electron chi connectivity index (χ0n) is 20.5. The summed E-state index contributed by atoms with van der Waals surface area (Å²) < 4.78 is 22.0. The molecular weight excluding hydrogens is 517 g/mol. The van der Waals surface area contributed by atoms with Crippen molar-refractivity contribution in [2.45, 2.75) is 50.8 Å². The summed E-state index contributed by atoms with van der Waals surface area (Å²) in [4.78, 5) is 15.2. The molecule has 3 aromatic rings. The SMILES string of the molecule is CC(C)(C)[S@@](=O)N[C@@H]1c2ccccc2CC12CCN(c1cnc(Oc3ccnc(Cl)c3Cl)cn1)CC2. The summed E-state index contributed by atoms with van der Waals surface area (Å²) in [6, 6.07) is 10.3. The summed E-state index contributed by atoms with van der Waals surface area (Å²) in [6.45, 7) is 7.71. The van der Waals surface area contributed by atoms with E-state index in [1.54, 1.807) is 18.5 Å². The van der Waals surface area contributed by atoms with E-state index >= 15 is 0 Å². The number of halogens is 2. The Morgan fingerprint density at radius 2 is 1.83 bits per heavy atom. The monoisotopic (exact) mass is 545 g/mol. The van der Waals surface area contributed by atoms with E-state index in [2.05, 4.69) is 48.8 Å². The van der Waals surface area contributed by atoms with Gasteiger partial charge in [-0.3, -0.25) is 0 Å². The predicted molar refractivity (Wildman–Crippen MR) is 144 cm³/mol. The van der Waals surface area contributed by atoms with Crippen LogP contribution in [-0.4, -0.2) is 37.0 Å². The first kappa shape index (κ1) is 25.4. The van der Waals surface area contributed by atoms with Crippen molar-refractivity contribution in [3.8, 4) is 11.6 Å². The molecule has 2 aliphatic rings. The van der Waals surface area contributed by atoms with Crippen LogP contribution in [0, 0.1) is 5.41 Å². The van der Waals surface area contributed by atoms with Gasteiger partial charge in [-0.25, -0.2) is 23.9 Å². The second kappa shape index (κ2) is 9.89. The number of nitrogens with one attached hydrogen (secondary N) is 1. The molecule has 1 saturated heterocycles. The molecule has 0 bridgehead atoms. The maximum atomic E-state index is 13.1. The number of aromatic nitrogens is 3. The van der Waals surface area contributed by atoms with Crippen LogP contribution in [-0.2, 0) is 17.4 Å². The molecule has 3 heterocycles. The van der Waals surface area contributed by atoms with Gasteiger partial charge in [-0.05, 0) is 56.6 Å². The fourth-order valence-corrected chi connectivity index (χ4v) is 6.27. The van der Waals surface area contributed by atoms with Crippen LogP contribution in [0.4, 0.5) is 5.82 Å². The molecule has 0 unspecified atom stereocenters. The van der Waals surface area contributed by atoms with E-state index in [-0.39, 0.29) is 26.4 Å². The molecule has 5 rings (SSSR count). The third-order valence-electron chi connectivity index (χ3n) is 7.03. The number of rotatable bonds is 5. The molecule has 2 atom stereocenters. The van der Waals surface area contributed by atoms with Crippen molar-refractivity contribution in [2.24, 2.45) is 5.41 Å². The van der Waals surface area contributed by atoms with E-state index < -0.39 is 11.0 Å². The van der Waals surface area contributed by atoms with Crippen LogP contribution in [0.2, 0.25) is 10.2 Å². The molecule has 0 saturated carbocycles. The van der Waals surface area contributed by atoms with Crippen molar-refractivity contribution >= 4 is 40.0 Å². The lowest BCUT2D eigenvalue weighted by molar-refractivity contribution is 0.177. The second-order valence-corrected chi connectivity index (χ2v) is 13.1. The number of hydrogen-bond acceptors (Lipinski definition) is 6. The third-order valence-corrected chi connectivity index (χ3v) is 9.34. The summed E-state index contributed by atoms with van der Waals surface area (Å²) in [5.41, 5.74) is 2.65. The van der Waals surface area contributed by atoms with Gasteiger partial charge in [-0.1, -0.05) is 47.5 Å². The highest BCUT2D eigenvalue weighted by Crippen LogP contribution is 2.52. The minimum absolute atomic E-state index is 0.0228. The van der Waals surface area contributed by atoms with Crippen LogP contribution in [0.1, 0.15) is 50.8 Å². The van der Waals surface area contributed by atoms with Crippen LogP contribution < -0.4 is 14.4 Å². The molecule has 1 spiro atoms. The Hall–Kier alpha value is -2.26. The second-order valence-electron chi connectivity index (χ2n) is 10.4. The number of nitrogens with zero attached hydrogens (tertiary/aromatic N) is 4. The highest BCUT2D eigenvalue weighted by Gasteiger charge is 2.48. The Morgan fingerprint density at radius 1 is 1.08 bits per heavy atom. The number of piperidine rings is 1. The minimum Gasteiger partial charge on any atom is -0.436 e. The topological polar surface area (TPSA) is 80.2 Å². The van der Waals surface area contributed by atoms with Crippen LogP contribution in [0.3, 0.4) is 0 Å². The zero-order chi connectivity index (χ0) is 25.5. The quantitative estimate of drug-likeness (QED) is 0.401. The van der Waals surface area contributed by atoms with Gasteiger partial charge in [-0.2, -0.15) is 0 Å². The van der Waals surface area contributed by atoms with Crippen molar-refractivity contribution in [2.75, 3.05) is 18.0 Å². The lowest BCUT2D eigenvalue weighted by Crippen LogP contribution is -2.48. The zero-order valence-corrected chi connectivity index (χ0v) is 22.8. The Kier molecular flexibility index (Phi) is 6.98. The van der Waals surface area contributed by atoms with Gasteiger partial charge in [0.25, 0.3) is 0 Å². The largest absolute Gasteiger partial charge is 0.436 e. The number of hydrogen-bond donors (Lipinski definition) is 1. The maximum Gasteiger partial charge on any atom is 0.238 e. The summed E-state index contributed by atoms with van der Waals surface area (Å²) in [6.07, 6.45) is 7.75. The molecule has 1 aromatic carbocycles. The van der Waals surface area contributed by atoms with E-state index in [1.807, 2.05) is 20.8 Å². The lowest BCUT2D eigenvalue weighted by atomic mass is 9.73. The van der Waals surface area contributed by atoms with E-state index in [9.17, 15) is 4.21 Å². The normalized spacial score (nSPS) is 19.8. The van der Waals surface area contributed by atoms with E-state index in [4.69, 9.17) is 27.9 Å². The molecule has 1 aliphatic heterocycles. The van der Waals surface area contributed by atoms with Gasteiger partial charge >= 0.3 is 0 Å². The first-order valence-corrected chi connectivity index (χ1v) is 13.9. The summed E-state index contributed by atoms with van der Waals surface area (Å²) in [7, 11) is -1.15. The predicted octanol–water partition coefficient (Wildman–Crippen LogP) is 5.91. The molecule has 1 aliphatic carbocycles. The fourth-order valence-electron chi connectivity index (χ4n) is 5.03. The average molecular weight is 547 g/mol. The summed E-state index contributed by atoms with van der Waals surface area (Å²) >= 11 is 12.1. The van der Waals surface area contributed by atoms with Crippen molar-refractivity contribution in [1.29, 1.82) is 0 Å². The Bertz CT molecular complexity index is 1270. The minimum atomic E-state index is -1.15. The van der Waals surface area contributed by atoms with Crippen molar-refractivity contribution < 1.29 is 8.95 Å². The van der Waals surface area contributed by atoms with Crippen molar-refractivity contribution in [1.82, 2.24) is 19.7 Å². The molecule has 10 heteroatoms. The third kappa shape index (κ3) is 4.96. The number of ether oxygens (including phenoxy) is 1. The smallest absolute Gasteiger partial charge is 0.238 e. The molecule has 0 amide bonds. The number of fused-ring (bicyclic) bond motifs is 1. The number of benzene rings is 1. The fraction of sp³-hybridized carbons (Fsp3) is 0.423. The van der Waals surface area contributed by atoms with Crippen LogP contribution in [0.15, 0.2) is 48.9 Å². The van der Waals surface area contributed by atoms with Gasteiger partial charge in [0.1, 0.15) is 10.8 Å². The Labute approximate surface area is 224 Å². The van der Waals surface area contributed by atoms with E-state index in [0.717, 1.165) is 38.2 Å². The molecule has 1 fully saturated rings. The van der Waals surface area contributed by atoms with Gasteiger partial charge in [0, 0.05) is 25.4 Å². The molecule has 2 aromatic heterocycles. The van der Waals surface area contributed by atoms with E-state index in [1.165, 1.54) is 17.3 Å². The van der Waals surface area contributed by atoms with Gasteiger partial charge in [0.2, 0.25) is 5.88 Å². The van der Waals surface area contributed by atoms with Crippen molar-refractivity contribution in [3.05, 3.63) is 70.2 Å². The molecule has 7 nitrogen and oxygen atoms in total. The maximum absolute atomic E-state index is 13.1. The average Bonchev–Trinajstić information content (AvgIpc) is 3.15. The van der Waals surface area contributed by atoms with E-state index in [0.29, 0.717) is 11.6 Å². The van der Waals surface area contributed by atoms with Crippen molar-refractivity contribution in [3.63, 3.8) is 0 Å². The molecule has 0 radical (unpaired) electrons. The standard InChI is InChI=1S/C26H29Cl2N5O2S/c1-25(2,3)36(34)32-23-18-7-5-4-6-17(18)14-26(23)9-12-33(13-10-26)20-15-31-21(16-30-20)35-19-8-11-29-24(28)22(19)27/h4-8,11,15-16,23,32H,9-10,12-14H2,1-3H3/t23-,36-/m1/s1. The highest BCUT2D eigenvalue weighted by atomic mass is 35.5. The first-order valence-electron chi connectivity index (χ1n) is 12.0. The van der Waals surface area contributed by atoms with Crippen LogP contribution in [0.5, 0.6) is 11.6 Å². The molecule has 190 valence electrons. The molecule has 36 heavy (non-hydrogen) atoms. The molecule has 1 N–H and O–H groups in total.